The zero-order valence-corrected chi connectivity index (χ0v) is 11.8. The van der Waals surface area contributed by atoms with Crippen LogP contribution in [0, 0.1) is 15.9 Å². The Morgan fingerprint density at radius 1 is 1.33 bits per heavy atom. The van der Waals surface area contributed by atoms with E-state index in [9.17, 15) is 19.6 Å². The fourth-order valence-corrected chi connectivity index (χ4v) is 2.09. The largest absolute Gasteiger partial charge is 0.508 e. The first-order chi connectivity index (χ1) is 9.88. The molecule has 0 saturated heterocycles. The molecule has 2 N–H and O–H groups in total. The molecule has 0 aliphatic rings. The molecule has 0 radical (unpaired) electrons. The van der Waals surface area contributed by atoms with Crippen LogP contribution in [0.3, 0.4) is 0 Å². The minimum atomic E-state index is -0.536. The van der Waals surface area contributed by atoms with E-state index >= 15 is 0 Å². The number of halogens is 2. The average Bonchev–Trinajstić information content (AvgIpc) is 2.43. The van der Waals surface area contributed by atoms with Gasteiger partial charge in [0.25, 0.3) is 5.69 Å². The highest BCUT2D eigenvalue weighted by atomic mass is 35.5. The predicted molar refractivity (Wildman–Crippen MR) is 78.2 cm³/mol. The first kappa shape index (κ1) is 15.1. The minimum Gasteiger partial charge on any atom is -0.508 e. The molecule has 0 aliphatic heterocycles. The summed E-state index contributed by atoms with van der Waals surface area (Å²) in [7, 11) is 0. The van der Waals surface area contributed by atoms with E-state index in [2.05, 4.69) is 5.32 Å². The standard InChI is InChI=1S/C14H12ClFN2O3/c1-8(11-6-9(16)2-5-14(11)19)17-13-7-10(18(20)21)3-4-12(13)15/h2-8,17,19H,1H3. The number of nitro groups is 1. The molecule has 0 amide bonds. The van der Waals surface area contributed by atoms with Crippen LogP contribution in [-0.2, 0) is 0 Å². The summed E-state index contributed by atoms with van der Waals surface area (Å²) in [5.74, 6) is -0.556. The summed E-state index contributed by atoms with van der Waals surface area (Å²) in [6.45, 7) is 1.68. The average molecular weight is 311 g/mol. The third-order valence-corrected chi connectivity index (χ3v) is 3.32. The topological polar surface area (TPSA) is 75.4 Å². The molecule has 0 aromatic heterocycles. The number of aromatic hydroxyl groups is 1. The lowest BCUT2D eigenvalue weighted by Crippen LogP contribution is -2.08. The SMILES string of the molecule is CC(Nc1cc([N+](=O)[O-])ccc1Cl)c1cc(F)ccc1O. The smallest absolute Gasteiger partial charge is 0.271 e. The van der Waals surface area contributed by atoms with Gasteiger partial charge in [-0.2, -0.15) is 0 Å². The van der Waals surface area contributed by atoms with Crippen molar-refractivity contribution >= 4 is 23.0 Å². The fourth-order valence-electron chi connectivity index (χ4n) is 1.92. The van der Waals surface area contributed by atoms with E-state index in [1.165, 1.54) is 30.3 Å². The van der Waals surface area contributed by atoms with E-state index in [0.717, 1.165) is 6.07 Å². The van der Waals surface area contributed by atoms with Crippen LogP contribution in [0.2, 0.25) is 5.02 Å². The number of anilines is 1. The van der Waals surface area contributed by atoms with Gasteiger partial charge < -0.3 is 10.4 Å². The predicted octanol–water partition coefficient (Wildman–Crippen LogP) is 4.27. The van der Waals surface area contributed by atoms with Gasteiger partial charge in [0.15, 0.2) is 0 Å². The van der Waals surface area contributed by atoms with Crippen molar-refractivity contribution in [2.75, 3.05) is 5.32 Å². The van der Waals surface area contributed by atoms with Gasteiger partial charge in [-0.3, -0.25) is 10.1 Å². The molecule has 110 valence electrons. The Labute approximate surface area is 125 Å². The number of hydrogen-bond acceptors (Lipinski definition) is 4. The van der Waals surface area contributed by atoms with Gasteiger partial charge in [-0.05, 0) is 31.2 Å². The van der Waals surface area contributed by atoms with Gasteiger partial charge in [0.2, 0.25) is 0 Å². The molecule has 2 aromatic carbocycles. The van der Waals surface area contributed by atoms with Crippen molar-refractivity contribution in [3.8, 4) is 5.75 Å². The van der Waals surface area contributed by atoms with Crippen molar-refractivity contribution in [2.45, 2.75) is 13.0 Å². The highest BCUT2D eigenvalue weighted by molar-refractivity contribution is 6.33. The van der Waals surface area contributed by atoms with Gasteiger partial charge in [-0.25, -0.2) is 4.39 Å². The number of nitrogens with zero attached hydrogens (tertiary/aromatic N) is 1. The second kappa shape index (κ2) is 5.97. The van der Waals surface area contributed by atoms with Crippen LogP contribution in [0.4, 0.5) is 15.8 Å². The summed E-state index contributed by atoms with van der Waals surface area (Å²) in [4.78, 5) is 10.2. The number of nitro benzene ring substituents is 1. The van der Waals surface area contributed by atoms with Gasteiger partial charge in [-0.15, -0.1) is 0 Å². The van der Waals surface area contributed by atoms with Crippen LogP contribution < -0.4 is 5.32 Å². The van der Waals surface area contributed by atoms with Crippen LogP contribution in [0.1, 0.15) is 18.5 Å². The zero-order chi connectivity index (χ0) is 15.6. The number of benzene rings is 2. The number of hydrogen-bond donors (Lipinski definition) is 2. The maximum atomic E-state index is 13.2. The van der Waals surface area contributed by atoms with Crippen LogP contribution in [0.25, 0.3) is 0 Å². The molecule has 21 heavy (non-hydrogen) atoms. The first-order valence-electron chi connectivity index (χ1n) is 6.07. The van der Waals surface area contributed by atoms with Crippen LogP contribution >= 0.6 is 11.6 Å². The van der Waals surface area contributed by atoms with Crippen molar-refractivity contribution in [3.05, 3.63) is 62.9 Å². The molecule has 5 nitrogen and oxygen atoms in total. The van der Waals surface area contributed by atoms with Gasteiger partial charge in [0, 0.05) is 17.7 Å². The van der Waals surface area contributed by atoms with Gasteiger partial charge >= 0.3 is 0 Å². The van der Waals surface area contributed by atoms with Gasteiger partial charge in [0.05, 0.1) is 21.7 Å². The number of rotatable bonds is 4. The molecule has 0 fully saturated rings. The lowest BCUT2D eigenvalue weighted by atomic mass is 10.1. The Hall–Kier alpha value is -2.34. The Kier molecular flexibility index (Phi) is 4.28. The third-order valence-electron chi connectivity index (χ3n) is 2.99. The van der Waals surface area contributed by atoms with E-state index in [-0.39, 0.29) is 11.4 Å². The molecule has 2 rings (SSSR count). The molecule has 7 heteroatoms. The summed E-state index contributed by atoms with van der Waals surface area (Å²) >= 11 is 5.98. The molecule has 0 aliphatic carbocycles. The van der Waals surface area contributed by atoms with Crippen molar-refractivity contribution in [1.82, 2.24) is 0 Å². The highest BCUT2D eigenvalue weighted by Crippen LogP contribution is 2.32. The van der Waals surface area contributed by atoms with Crippen molar-refractivity contribution < 1.29 is 14.4 Å². The lowest BCUT2D eigenvalue weighted by molar-refractivity contribution is -0.384. The second-order valence-corrected chi connectivity index (χ2v) is 4.90. The quantitative estimate of drug-likeness (QED) is 0.653. The van der Waals surface area contributed by atoms with Gasteiger partial charge in [-0.1, -0.05) is 11.6 Å². The maximum Gasteiger partial charge on any atom is 0.271 e. The summed E-state index contributed by atoms with van der Waals surface area (Å²) in [5, 5.41) is 23.7. The van der Waals surface area contributed by atoms with Crippen molar-refractivity contribution in [1.29, 1.82) is 0 Å². The third kappa shape index (κ3) is 3.41. The Morgan fingerprint density at radius 2 is 2.05 bits per heavy atom. The minimum absolute atomic E-state index is 0.0713. The summed E-state index contributed by atoms with van der Waals surface area (Å²) in [6.07, 6.45) is 0. The fraction of sp³-hybridized carbons (Fsp3) is 0.143. The van der Waals surface area contributed by atoms with E-state index in [1.54, 1.807) is 6.92 Å². The number of non-ortho nitro benzene ring substituents is 1. The second-order valence-electron chi connectivity index (χ2n) is 4.49. The lowest BCUT2D eigenvalue weighted by Gasteiger charge is -2.17. The Morgan fingerprint density at radius 3 is 2.71 bits per heavy atom. The molecule has 0 saturated carbocycles. The van der Waals surface area contributed by atoms with Crippen LogP contribution in [-0.4, -0.2) is 10.0 Å². The van der Waals surface area contributed by atoms with Gasteiger partial charge in [0.1, 0.15) is 11.6 Å². The van der Waals surface area contributed by atoms with E-state index in [4.69, 9.17) is 11.6 Å². The van der Waals surface area contributed by atoms with Crippen molar-refractivity contribution in [2.24, 2.45) is 0 Å². The molecule has 0 spiro atoms. The zero-order valence-electron chi connectivity index (χ0n) is 11.0. The molecule has 1 unspecified atom stereocenters. The molecular formula is C14H12ClFN2O3. The Bertz CT molecular complexity index is 694. The monoisotopic (exact) mass is 310 g/mol. The molecule has 2 aromatic rings. The first-order valence-corrected chi connectivity index (χ1v) is 6.45. The van der Waals surface area contributed by atoms with E-state index < -0.39 is 16.8 Å². The molecular weight excluding hydrogens is 299 g/mol. The molecule has 0 bridgehead atoms. The highest BCUT2D eigenvalue weighted by Gasteiger charge is 2.15. The Balaban J connectivity index is 2.31. The van der Waals surface area contributed by atoms with Crippen LogP contribution in [0.15, 0.2) is 36.4 Å². The summed E-state index contributed by atoms with van der Waals surface area (Å²) in [6, 6.07) is 7.08. The number of phenolic OH excluding ortho intramolecular Hbond substituents is 1. The molecule has 0 heterocycles. The normalized spacial score (nSPS) is 12.0. The van der Waals surface area contributed by atoms with Crippen LogP contribution in [0.5, 0.6) is 5.75 Å². The van der Waals surface area contributed by atoms with E-state index in [0.29, 0.717) is 16.3 Å². The molecule has 1 atom stereocenters. The summed E-state index contributed by atoms with van der Waals surface area (Å²) in [5.41, 5.74) is 0.553. The number of phenols is 1. The maximum absolute atomic E-state index is 13.2. The summed E-state index contributed by atoms with van der Waals surface area (Å²) < 4.78 is 13.2. The number of nitrogens with one attached hydrogen (secondary N) is 1. The van der Waals surface area contributed by atoms with E-state index in [1.807, 2.05) is 0 Å². The van der Waals surface area contributed by atoms with Crippen molar-refractivity contribution in [3.63, 3.8) is 0 Å².